The van der Waals surface area contributed by atoms with E-state index in [4.69, 9.17) is 4.74 Å². The molecule has 0 spiro atoms. The van der Waals surface area contributed by atoms with Gasteiger partial charge in [-0.25, -0.2) is 4.79 Å². The summed E-state index contributed by atoms with van der Waals surface area (Å²) in [5.74, 6) is -0.451. The Balaban J connectivity index is 1.62. The van der Waals surface area contributed by atoms with Crippen LogP contribution in [0, 0.1) is 5.92 Å². The van der Waals surface area contributed by atoms with Crippen LogP contribution < -0.4 is 20.7 Å². The van der Waals surface area contributed by atoms with Crippen LogP contribution in [0.4, 0.5) is 13.2 Å². The molecule has 2 aromatic heterocycles. The summed E-state index contributed by atoms with van der Waals surface area (Å²) in [7, 11) is 1.47. The summed E-state index contributed by atoms with van der Waals surface area (Å²) in [6.45, 7) is 4.09. The maximum absolute atomic E-state index is 13.7. The second kappa shape index (κ2) is 9.70. The van der Waals surface area contributed by atoms with E-state index in [2.05, 4.69) is 14.7 Å². The molecule has 39 heavy (non-hydrogen) atoms. The van der Waals surface area contributed by atoms with Crippen molar-refractivity contribution >= 4 is 16.9 Å². The Bertz CT molecular complexity index is 1610. The monoisotopic (exact) mass is 547 g/mol. The number of hydrogen-bond donors (Lipinski definition) is 1. The lowest BCUT2D eigenvalue weighted by Crippen LogP contribution is -2.40. The molecule has 1 aliphatic heterocycles. The number of benzene rings is 1. The first-order valence-corrected chi connectivity index (χ1v) is 12.5. The molecule has 3 aromatic rings. The van der Waals surface area contributed by atoms with Crippen molar-refractivity contribution in [2.45, 2.75) is 64.6 Å². The van der Waals surface area contributed by atoms with Crippen LogP contribution in [0.25, 0.3) is 11.2 Å². The Hall–Kier alpha value is -3.87. The smallest absolute Gasteiger partial charge is 0.425 e. The number of fused-ring (bicyclic) bond motifs is 1. The maximum Gasteiger partial charge on any atom is 0.573 e. The molecule has 1 aromatic carbocycles. The summed E-state index contributed by atoms with van der Waals surface area (Å²) in [4.78, 5) is 35.7. The number of aromatic nitrogens is 4. The zero-order valence-electron chi connectivity index (χ0n) is 21.7. The van der Waals surface area contributed by atoms with Gasteiger partial charge in [0.1, 0.15) is 11.5 Å². The normalized spacial score (nSPS) is 18.6. The van der Waals surface area contributed by atoms with Gasteiger partial charge in [-0.15, -0.1) is 13.2 Å². The molecular formula is C26H28F3N5O5. The maximum atomic E-state index is 13.7. The van der Waals surface area contributed by atoms with E-state index in [1.54, 1.807) is 6.20 Å². The van der Waals surface area contributed by atoms with Gasteiger partial charge in [0.25, 0.3) is 5.56 Å². The van der Waals surface area contributed by atoms with Gasteiger partial charge in [-0.3, -0.25) is 23.5 Å². The van der Waals surface area contributed by atoms with Gasteiger partial charge in [0.05, 0.1) is 12.1 Å². The van der Waals surface area contributed by atoms with Gasteiger partial charge in [0.2, 0.25) is 0 Å². The van der Waals surface area contributed by atoms with E-state index >= 15 is 0 Å². The van der Waals surface area contributed by atoms with Gasteiger partial charge in [0, 0.05) is 37.5 Å². The Morgan fingerprint density at radius 1 is 1.18 bits per heavy atom. The Morgan fingerprint density at radius 3 is 2.56 bits per heavy atom. The number of allylic oxidation sites excluding steroid dienone is 1. The third kappa shape index (κ3) is 5.63. The van der Waals surface area contributed by atoms with Crippen molar-refractivity contribution in [1.82, 2.24) is 18.7 Å². The second-order valence-corrected chi connectivity index (χ2v) is 10.3. The summed E-state index contributed by atoms with van der Waals surface area (Å²) in [5.41, 5.74) is -0.0966. The Labute approximate surface area is 220 Å². The molecule has 1 N–H and O–H groups in total. The number of aliphatic imine (C=N–C) groups is 1. The van der Waals surface area contributed by atoms with Crippen molar-refractivity contribution in [3.63, 3.8) is 0 Å². The van der Waals surface area contributed by atoms with Crippen molar-refractivity contribution in [3.8, 4) is 17.5 Å². The van der Waals surface area contributed by atoms with Gasteiger partial charge in [0.15, 0.2) is 11.2 Å². The Kier molecular flexibility index (Phi) is 6.65. The van der Waals surface area contributed by atoms with Crippen molar-refractivity contribution in [1.29, 1.82) is 0 Å². The molecule has 10 nitrogen and oxygen atoms in total. The van der Waals surface area contributed by atoms with Crippen molar-refractivity contribution < 1.29 is 27.8 Å². The molecule has 2 aliphatic rings. The highest BCUT2D eigenvalue weighted by molar-refractivity contribution is 5.89. The standard InChI is InChI=1S/C26H28F3N5O5/c1-15-11-16(2)19(30-13-15)14-34-20-21(32(3)24(36)33(22(20)35)10-9-25(37)7-8-25)31-23(34)38-17-5-4-6-18(12-17)39-26(27,28)29/h4-6,12-13,16,37H,7-11,14H2,1-3H3. The van der Waals surface area contributed by atoms with Crippen LogP contribution >= 0.6 is 0 Å². The average Bonchev–Trinajstić information content (AvgIpc) is 3.48. The lowest BCUT2D eigenvalue weighted by molar-refractivity contribution is -0.274. The van der Waals surface area contributed by atoms with E-state index in [-0.39, 0.29) is 48.4 Å². The zero-order chi connectivity index (χ0) is 28.1. The van der Waals surface area contributed by atoms with Crippen LogP contribution in [-0.4, -0.2) is 41.5 Å². The quantitative estimate of drug-likeness (QED) is 0.458. The molecule has 0 radical (unpaired) electrons. The number of imidazole rings is 1. The minimum absolute atomic E-state index is 0.0102. The molecule has 0 amide bonds. The predicted molar refractivity (Wildman–Crippen MR) is 136 cm³/mol. The number of halogens is 3. The summed E-state index contributed by atoms with van der Waals surface area (Å²) in [5, 5.41) is 10.3. The lowest BCUT2D eigenvalue weighted by atomic mass is 9.95. The van der Waals surface area contributed by atoms with Gasteiger partial charge in [-0.05, 0) is 44.7 Å². The van der Waals surface area contributed by atoms with E-state index in [9.17, 15) is 27.9 Å². The number of alkyl halides is 3. The number of ether oxygens (including phenoxy) is 2. The van der Waals surface area contributed by atoms with E-state index in [1.165, 1.54) is 28.3 Å². The van der Waals surface area contributed by atoms with Crippen molar-refractivity contribution in [2.75, 3.05) is 0 Å². The summed E-state index contributed by atoms with van der Waals surface area (Å²) < 4.78 is 51.9. The third-order valence-corrected chi connectivity index (χ3v) is 7.04. The first kappa shape index (κ1) is 26.7. The highest BCUT2D eigenvalue weighted by atomic mass is 19.4. The molecule has 5 rings (SSSR count). The summed E-state index contributed by atoms with van der Waals surface area (Å²) in [6.07, 6.45) is -0.893. The average molecular weight is 548 g/mol. The fourth-order valence-corrected chi connectivity index (χ4v) is 4.66. The zero-order valence-corrected chi connectivity index (χ0v) is 21.7. The molecule has 1 aliphatic carbocycles. The fourth-order valence-electron chi connectivity index (χ4n) is 4.66. The third-order valence-electron chi connectivity index (χ3n) is 7.04. The first-order chi connectivity index (χ1) is 18.3. The van der Waals surface area contributed by atoms with Crippen LogP contribution in [0.1, 0.15) is 39.5 Å². The minimum Gasteiger partial charge on any atom is -0.425 e. The lowest BCUT2D eigenvalue weighted by Gasteiger charge is -2.20. The Morgan fingerprint density at radius 2 is 1.90 bits per heavy atom. The first-order valence-electron chi connectivity index (χ1n) is 12.5. The topological polar surface area (TPSA) is 113 Å². The van der Waals surface area contributed by atoms with E-state index in [0.717, 1.165) is 34.4 Å². The number of nitrogens with zero attached hydrogens (tertiary/aromatic N) is 5. The summed E-state index contributed by atoms with van der Waals surface area (Å²) in [6, 6.07) is 4.84. The number of aryl methyl sites for hydroxylation is 1. The summed E-state index contributed by atoms with van der Waals surface area (Å²) >= 11 is 0. The molecule has 3 heterocycles. The van der Waals surface area contributed by atoms with Crippen molar-refractivity contribution in [2.24, 2.45) is 18.0 Å². The molecule has 1 fully saturated rings. The van der Waals surface area contributed by atoms with Crippen LogP contribution in [0.3, 0.4) is 0 Å². The van der Waals surface area contributed by atoms with Crippen molar-refractivity contribution in [3.05, 3.63) is 56.9 Å². The fraction of sp³-hybridized carbons (Fsp3) is 0.462. The molecule has 13 heteroatoms. The predicted octanol–water partition coefficient (Wildman–Crippen LogP) is 3.89. The van der Waals surface area contributed by atoms with E-state index in [1.807, 2.05) is 13.8 Å². The highest BCUT2D eigenvalue weighted by Crippen LogP contribution is 2.38. The minimum atomic E-state index is -4.89. The molecule has 208 valence electrons. The van der Waals surface area contributed by atoms with E-state index in [0.29, 0.717) is 12.8 Å². The van der Waals surface area contributed by atoms with Crippen LogP contribution in [-0.2, 0) is 20.1 Å². The molecular weight excluding hydrogens is 519 g/mol. The second-order valence-electron chi connectivity index (χ2n) is 10.3. The molecule has 0 bridgehead atoms. The molecule has 1 saturated carbocycles. The molecule has 1 unspecified atom stereocenters. The van der Waals surface area contributed by atoms with Gasteiger partial charge < -0.3 is 14.6 Å². The molecule has 1 atom stereocenters. The van der Waals surface area contributed by atoms with Crippen LogP contribution in [0.15, 0.2) is 50.6 Å². The van der Waals surface area contributed by atoms with Crippen LogP contribution in [0.5, 0.6) is 17.5 Å². The number of hydrogen-bond acceptors (Lipinski definition) is 7. The number of rotatable bonds is 8. The number of aliphatic hydroxyl groups is 1. The van der Waals surface area contributed by atoms with E-state index < -0.39 is 29.0 Å². The van der Waals surface area contributed by atoms with Crippen LogP contribution in [0.2, 0.25) is 0 Å². The van der Waals surface area contributed by atoms with Gasteiger partial charge in [-0.2, -0.15) is 4.98 Å². The highest BCUT2D eigenvalue weighted by Gasteiger charge is 2.40. The molecule has 0 saturated heterocycles. The SMILES string of the molecule is CC1=CN=C(Cn2c(Oc3cccc(OC(F)(F)F)c3)nc3c2c(=O)n(CCC2(O)CC2)c(=O)n3C)C(C)C1. The largest absolute Gasteiger partial charge is 0.573 e. The van der Waals surface area contributed by atoms with Gasteiger partial charge in [-0.1, -0.05) is 18.6 Å². The van der Waals surface area contributed by atoms with Gasteiger partial charge >= 0.3 is 18.1 Å².